The van der Waals surface area contributed by atoms with Gasteiger partial charge >= 0.3 is 6.18 Å². The molecule has 2 atom stereocenters. The molecule has 4 nitrogen and oxygen atoms in total. The Balaban J connectivity index is 1.51. The van der Waals surface area contributed by atoms with Gasteiger partial charge in [0.15, 0.2) is 11.3 Å². The molecule has 28 heavy (non-hydrogen) atoms. The Morgan fingerprint density at radius 3 is 2.68 bits per heavy atom. The number of aromatic nitrogens is 1. The normalized spacial score (nSPS) is 23.5. The Labute approximate surface area is 169 Å². The first-order valence-corrected chi connectivity index (χ1v) is 10.9. The second kappa shape index (κ2) is 7.19. The largest absolute Gasteiger partial charge is 0.443 e. The van der Waals surface area contributed by atoms with Crippen molar-refractivity contribution in [1.29, 1.82) is 0 Å². The van der Waals surface area contributed by atoms with E-state index in [0.717, 1.165) is 59.7 Å². The number of carbonyl (C=O) groups excluding carboxylic acids is 1. The molecule has 152 valence electrons. The maximum Gasteiger partial charge on any atom is 0.443 e. The van der Waals surface area contributed by atoms with Gasteiger partial charge in [-0.1, -0.05) is 0 Å². The van der Waals surface area contributed by atoms with E-state index in [9.17, 15) is 18.0 Å². The van der Waals surface area contributed by atoms with Crippen molar-refractivity contribution in [2.75, 3.05) is 13.1 Å². The number of fused-ring (bicyclic) bond motifs is 2. The van der Waals surface area contributed by atoms with Crippen LogP contribution in [-0.4, -0.2) is 35.4 Å². The zero-order valence-corrected chi connectivity index (χ0v) is 17.2. The third-order valence-corrected chi connectivity index (χ3v) is 8.12. The van der Waals surface area contributed by atoms with Crippen molar-refractivity contribution in [2.45, 2.75) is 57.0 Å². The Kier molecular flexibility index (Phi) is 5.14. The summed E-state index contributed by atoms with van der Waals surface area (Å²) in [7, 11) is 0. The fourth-order valence-electron chi connectivity index (χ4n) is 4.24. The summed E-state index contributed by atoms with van der Waals surface area (Å²) in [6.07, 6.45) is 0.253. The summed E-state index contributed by atoms with van der Waals surface area (Å²) in [6.45, 7) is 5.42. The molecule has 0 radical (unpaired) electrons. The monoisotopic (exact) mass is 430 g/mol. The number of thiazole rings is 1. The third-order valence-electron chi connectivity index (χ3n) is 5.62. The first-order chi connectivity index (χ1) is 13.2. The molecule has 0 bridgehead atoms. The fraction of sp³-hybridized carbons (Fsp3) is 0.579. The minimum atomic E-state index is -4.40. The zero-order chi connectivity index (χ0) is 20.1. The van der Waals surface area contributed by atoms with Crippen LogP contribution in [-0.2, 0) is 22.9 Å². The van der Waals surface area contributed by atoms with Crippen LogP contribution >= 0.6 is 22.7 Å². The van der Waals surface area contributed by atoms with E-state index < -0.39 is 11.2 Å². The van der Waals surface area contributed by atoms with Crippen LogP contribution in [0, 0.1) is 0 Å². The number of hydrogen-bond donors (Lipinski definition) is 0. The van der Waals surface area contributed by atoms with E-state index >= 15 is 0 Å². The van der Waals surface area contributed by atoms with Gasteiger partial charge in [-0.3, -0.25) is 9.69 Å². The van der Waals surface area contributed by atoms with Crippen molar-refractivity contribution >= 4 is 29.0 Å². The number of aldehydes is 1. The zero-order valence-electron chi connectivity index (χ0n) is 15.6. The van der Waals surface area contributed by atoms with E-state index in [1.54, 1.807) is 0 Å². The molecule has 9 heteroatoms. The maximum atomic E-state index is 12.8. The molecular formula is C19H21F3N2O2S2. The van der Waals surface area contributed by atoms with Gasteiger partial charge < -0.3 is 4.74 Å². The number of thiophene rings is 1. The van der Waals surface area contributed by atoms with Crippen LogP contribution in [0.4, 0.5) is 13.2 Å². The first-order valence-electron chi connectivity index (χ1n) is 9.25. The molecule has 1 spiro atoms. The van der Waals surface area contributed by atoms with Gasteiger partial charge in [0.25, 0.3) is 0 Å². The standard InChI is InChI=1S/C19H21F3N2O2S2/c1-11-7-13-8-14(10-25)27-16(13)18(26-11)3-5-24(6-4-18)12(2)15-9-23-17(28-15)19(20,21)22/h8-12H,3-7H2,1-2H3/t11-,12?/m1/s1. The highest BCUT2D eigenvalue weighted by Gasteiger charge is 2.45. The SMILES string of the molecule is CC(c1cnc(C(F)(F)F)s1)N1CCC2(CC1)O[C@H](C)Cc1cc(C=O)sc12. The minimum absolute atomic E-state index is 0.0846. The number of hydrogen-bond acceptors (Lipinski definition) is 6. The van der Waals surface area contributed by atoms with E-state index in [1.807, 2.05) is 19.9 Å². The molecule has 4 rings (SSSR count). The number of likely N-dealkylation sites (tertiary alicyclic amines) is 1. The quantitative estimate of drug-likeness (QED) is 0.639. The number of carbonyl (C=O) groups is 1. The van der Waals surface area contributed by atoms with E-state index in [1.165, 1.54) is 23.1 Å². The molecule has 0 N–H and O–H groups in total. The molecule has 4 heterocycles. The number of ether oxygens (including phenoxy) is 1. The molecule has 2 aliphatic rings. The molecule has 2 aromatic rings. The fourth-order valence-corrected chi connectivity index (χ4v) is 6.31. The van der Waals surface area contributed by atoms with Crippen LogP contribution < -0.4 is 0 Å². The lowest BCUT2D eigenvalue weighted by molar-refractivity contribution is -0.137. The van der Waals surface area contributed by atoms with Gasteiger partial charge in [-0.05, 0) is 44.7 Å². The van der Waals surface area contributed by atoms with Gasteiger partial charge in [0, 0.05) is 35.1 Å². The second-order valence-corrected chi connectivity index (χ2v) is 9.67. The topological polar surface area (TPSA) is 42.4 Å². The van der Waals surface area contributed by atoms with Gasteiger partial charge in [0.1, 0.15) is 5.60 Å². The van der Waals surface area contributed by atoms with E-state index in [-0.39, 0.29) is 17.7 Å². The van der Waals surface area contributed by atoms with Gasteiger partial charge in [0.2, 0.25) is 0 Å². The van der Waals surface area contributed by atoms with Crippen molar-refractivity contribution in [2.24, 2.45) is 0 Å². The predicted molar refractivity (Wildman–Crippen MR) is 102 cm³/mol. The number of piperidine rings is 1. The number of nitrogens with zero attached hydrogens (tertiary/aromatic N) is 2. The molecule has 0 amide bonds. The number of rotatable bonds is 3. The molecule has 1 saturated heterocycles. The number of halogens is 3. The van der Waals surface area contributed by atoms with E-state index in [0.29, 0.717) is 4.88 Å². The maximum absolute atomic E-state index is 12.8. The Bertz CT molecular complexity index is 869. The second-order valence-electron chi connectivity index (χ2n) is 7.53. The van der Waals surface area contributed by atoms with Gasteiger partial charge in [-0.25, -0.2) is 4.98 Å². The Morgan fingerprint density at radius 1 is 1.36 bits per heavy atom. The molecule has 0 aliphatic carbocycles. The van der Waals surface area contributed by atoms with Gasteiger partial charge in [-0.2, -0.15) is 13.2 Å². The van der Waals surface area contributed by atoms with Crippen LogP contribution in [0.1, 0.15) is 62.7 Å². The highest BCUT2D eigenvalue weighted by Crippen LogP contribution is 2.48. The van der Waals surface area contributed by atoms with Crippen LogP contribution in [0.3, 0.4) is 0 Å². The minimum Gasteiger partial charge on any atom is -0.366 e. The van der Waals surface area contributed by atoms with Crippen molar-refractivity contribution in [1.82, 2.24) is 9.88 Å². The number of alkyl halides is 3. The van der Waals surface area contributed by atoms with Crippen LogP contribution in [0.2, 0.25) is 0 Å². The van der Waals surface area contributed by atoms with Crippen LogP contribution in [0.25, 0.3) is 0 Å². The lowest BCUT2D eigenvalue weighted by Gasteiger charge is -2.46. The van der Waals surface area contributed by atoms with Gasteiger partial charge in [-0.15, -0.1) is 22.7 Å². The Morgan fingerprint density at radius 2 is 2.07 bits per heavy atom. The summed E-state index contributed by atoms with van der Waals surface area (Å²) in [5, 5.41) is -0.795. The lowest BCUT2D eigenvalue weighted by atomic mass is 9.83. The van der Waals surface area contributed by atoms with Crippen molar-refractivity contribution < 1.29 is 22.7 Å². The van der Waals surface area contributed by atoms with Crippen LogP contribution in [0.15, 0.2) is 12.3 Å². The van der Waals surface area contributed by atoms with Crippen molar-refractivity contribution in [3.05, 3.63) is 37.5 Å². The molecule has 2 aromatic heterocycles. The molecule has 0 aromatic carbocycles. The summed E-state index contributed by atoms with van der Waals surface area (Å²) in [6, 6.07) is 1.85. The molecule has 1 unspecified atom stereocenters. The lowest BCUT2D eigenvalue weighted by Crippen LogP contribution is -2.48. The molecule has 2 aliphatic heterocycles. The molecule has 1 fully saturated rings. The smallest absolute Gasteiger partial charge is 0.366 e. The van der Waals surface area contributed by atoms with Crippen molar-refractivity contribution in [3.63, 3.8) is 0 Å². The average molecular weight is 431 g/mol. The average Bonchev–Trinajstić information content (AvgIpc) is 3.28. The third kappa shape index (κ3) is 3.53. The van der Waals surface area contributed by atoms with Gasteiger partial charge in [0.05, 0.1) is 11.0 Å². The van der Waals surface area contributed by atoms with E-state index in [2.05, 4.69) is 9.88 Å². The summed E-state index contributed by atoms with van der Waals surface area (Å²) in [5.41, 5.74) is 0.810. The molecule has 0 saturated carbocycles. The summed E-state index contributed by atoms with van der Waals surface area (Å²) < 4.78 is 44.9. The van der Waals surface area contributed by atoms with Crippen molar-refractivity contribution in [3.8, 4) is 0 Å². The highest BCUT2D eigenvalue weighted by atomic mass is 32.1. The Hall–Kier alpha value is -1.29. The van der Waals surface area contributed by atoms with Crippen LogP contribution in [0.5, 0.6) is 0 Å². The summed E-state index contributed by atoms with van der Waals surface area (Å²) in [5.74, 6) is 0. The summed E-state index contributed by atoms with van der Waals surface area (Å²) in [4.78, 5) is 19.5. The summed E-state index contributed by atoms with van der Waals surface area (Å²) >= 11 is 2.23. The predicted octanol–water partition coefficient (Wildman–Crippen LogP) is 5.05. The first kappa shape index (κ1) is 20.0. The van der Waals surface area contributed by atoms with E-state index in [4.69, 9.17) is 4.74 Å². The highest BCUT2D eigenvalue weighted by molar-refractivity contribution is 7.14. The molecular weight excluding hydrogens is 409 g/mol.